The van der Waals surface area contributed by atoms with Crippen molar-refractivity contribution in [3.63, 3.8) is 0 Å². The molecule has 1 aromatic heterocycles. The number of aromatic nitrogens is 4. The molecule has 1 aromatic rings. The van der Waals surface area contributed by atoms with Gasteiger partial charge in [0.15, 0.2) is 12.5 Å². The maximum absolute atomic E-state index is 4.02. The van der Waals surface area contributed by atoms with E-state index in [1.165, 1.54) is 0 Å². The number of rotatable bonds is 3. The molecule has 0 radical (unpaired) electrons. The van der Waals surface area contributed by atoms with E-state index in [0.29, 0.717) is 18.5 Å². The molecule has 0 bridgehead atoms. The van der Waals surface area contributed by atoms with Gasteiger partial charge in [-0.1, -0.05) is 40.3 Å². The molecule has 102 valence electrons. The van der Waals surface area contributed by atoms with E-state index in [4.69, 9.17) is 0 Å². The third-order valence-corrected chi connectivity index (χ3v) is 1.97. The van der Waals surface area contributed by atoms with Crippen LogP contribution in [0.5, 0.6) is 0 Å². The molecular formula is C11H23N7. The molecule has 1 aliphatic rings. The first-order chi connectivity index (χ1) is 8.09. The lowest BCUT2D eigenvalue weighted by Crippen LogP contribution is -1.99. The fourth-order valence-electron chi connectivity index (χ4n) is 1.17. The highest BCUT2D eigenvalue weighted by Crippen LogP contribution is 2.04. The SMILES string of the molecule is C.CC(C)C1=NCN=N1.CC(C)Cc1nn[nH]n1. The van der Waals surface area contributed by atoms with Crippen molar-refractivity contribution in [3.05, 3.63) is 5.82 Å². The minimum absolute atomic E-state index is 0. The fraction of sp³-hybridized carbons (Fsp3) is 0.818. The van der Waals surface area contributed by atoms with Gasteiger partial charge in [-0.25, -0.2) is 4.99 Å². The molecule has 0 unspecified atom stereocenters. The summed E-state index contributed by atoms with van der Waals surface area (Å²) in [5.41, 5.74) is 0. The van der Waals surface area contributed by atoms with Crippen LogP contribution < -0.4 is 0 Å². The van der Waals surface area contributed by atoms with E-state index >= 15 is 0 Å². The maximum Gasteiger partial charge on any atom is 0.174 e. The van der Waals surface area contributed by atoms with Crippen LogP contribution in [0, 0.1) is 11.8 Å². The molecule has 1 aliphatic heterocycles. The van der Waals surface area contributed by atoms with Gasteiger partial charge in [0.1, 0.15) is 5.84 Å². The van der Waals surface area contributed by atoms with Crippen LogP contribution in [0.25, 0.3) is 0 Å². The van der Waals surface area contributed by atoms with Crippen molar-refractivity contribution < 1.29 is 0 Å². The van der Waals surface area contributed by atoms with Crippen LogP contribution in [0.2, 0.25) is 0 Å². The number of nitrogens with one attached hydrogen (secondary N) is 1. The van der Waals surface area contributed by atoms with Crippen molar-refractivity contribution in [2.24, 2.45) is 27.1 Å². The summed E-state index contributed by atoms with van der Waals surface area (Å²) in [6.07, 6.45) is 0.899. The Labute approximate surface area is 108 Å². The van der Waals surface area contributed by atoms with Crippen molar-refractivity contribution in [3.8, 4) is 0 Å². The third-order valence-electron chi connectivity index (χ3n) is 1.97. The third kappa shape index (κ3) is 6.17. The van der Waals surface area contributed by atoms with Crippen molar-refractivity contribution in [2.45, 2.75) is 41.5 Å². The molecule has 0 atom stereocenters. The van der Waals surface area contributed by atoms with Gasteiger partial charge in [-0.3, -0.25) is 0 Å². The molecule has 0 spiro atoms. The summed E-state index contributed by atoms with van der Waals surface area (Å²) in [6, 6.07) is 0. The van der Waals surface area contributed by atoms with E-state index in [1.807, 2.05) is 0 Å². The van der Waals surface area contributed by atoms with Crippen LogP contribution >= 0.6 is 0 Å². The predicted molar refractivity (Wildman–Crippen MR) is 71.4 cm³/mol. The molecule has 0 aromatic carbocycles. The average molecular weight is 253 g/mol. The quantitative estimate of drug-likeness (QED) is 0.897. The Hall–Kier alpha value is -1.66. The highest BCUT2D eigenvalue weighted by molar-refractivity contribution is 5.85. The van der Waals surface area contributed by atoms with Gasteiger partial charge in [0.25, 0.3) is 0 Å². The number of amidine groups is 1. The summed E-state index contributed by atoms with van der Waals surface area (Å²) in [6.45, 7) is 8.90. The highest BCUT2D eigenvalue weighted by atomic mass is 15.5. The van der Waals surface area contributed by atoms with Crippen LogP contribution in [0.3, 0.4) is 0 Å². The maximum atomic E-state index is 4.02. The molecule has 0 aliphatic carbocycles. The molecule has 2 rings (SSSR count). The molecule has 18 heavy (non-hydrogen) atoms. The lowest BCUT2D eigenvalue weighted by atomic mass is 10.1. The first kappa shape index (κ1) is 16.3. The Morgan fingerprint density at radius 1 is 1.22 bits per heavy atom. The number of hydrogen-bond donors (Lipinski definition) is 1. The second-order valence-corrected chi connectivity index (χ2v) is 4.48. The minimum atomic E-state index is 0. The van der Waals surface area contributed by atoms with E-state index in [1.54, 1.807) is 0 Å². The standard InChI is InChI=1S/C5H10N4.C5H9N3.CH4/c1-4(2)3-5-6-8-9-7-5;1-4(2)5-6-3-7-8-5;/h4H,3H2,1-2H3,(H,6,7,8,9);4H,3H2,1-2H3;1H4. The van der Waals surface area contributed by atoms with Gasteiger partial charge < -0.3 is 0 Å². The van der Waals surface area contributed by atoms with Crippen LogP contribution in [-0.2, 0) is 6.42 Å². The van der Waals surface area contributed by atoms with Crippen molar-refractivity contribution >= 4 is 5.84 Å². The summed E-state index contributed by atoms with van der Waals surface area (Å²) in [5, 5.41) is 21.0. The lowest BCUT2D eigenvalue weighted by molar-refractivity contribution is 0.621. The minimum Gasteiger partial charge on any atom is -0.243 e. The van der Waals surface area contributed by atoms with E-state index in [2.05, 4.69) is 63.5 Å². The topological polar surface area (TPSA) is 91.5 Å². The first-order valence-electron chi connectivity index (χ1n) is 5.73. The van der Waals surface area contributed by atoms with E-state index in [9.17, 15) is 0 Å². The highest BCUT2D eigenvalue weighted by Gasteiger charge is 2.05. The molecule has 7 heteroatoms. The number of nitrogens with zero attached hydrogens (tertiary/aromatic N) is 6. The van der Waals surface area contributed by atoms with E-state index in [-0.39, 0.29) is 7.43 Å². The van der Waals surface area contributed by atoms with Gasteiger partial charge in [0.05, 0.1) is 0 Å². The molecule has 7 nitrogen and oxygen atoms in total. The van der Waals surface area contributed by atoms with Gasteiger partial charge in [-0.15, -0.1) is 15.3 Å². The van der Waals surface area contributed by atoms with Crippen LogP contribution in [0.15, 0.2) is 15.2 Å². The largest absolute Gasteiger partial charge is 0.243 e. The Balaban J connectivity index is 0.000000306. The van der Waals surface area contributed by atoms with Crippen LogP contribution in [0.4, 0.5) is 0 Å². The Morgan fingerprint density at radius 3 is 2.28 bits per heavy atom. The zero-order chi connectivity index (χ0) is 12.7. The van der Waals surface area contributed by atoms with Crippen molar-refractivity contribution in [1.29, 1.82) is 0 Å². The van der Waals surface area contributed by atoms with Crippen LogP contribution in [-0.4, -0.2) is 33.1 Å². The second kappa shape index (κ2) is 8.43. The van der Waals surface area contributed by atoms with Gasteiger partial charge in [-0.2, -0.15) is 10.3 Å². The van der Waals surface area contributed by atoms with Gasteiger partial charge in [0, 0.05) is 12.3 Å². The smallest absolute Gasteiger partial charge is 0.174 e. The normalized spacial score (nSPS) is 13.1. The summed E-state index contributed by atoms with van der Waals surface area (Å²) < 4.78 is 0. The molecule has 0 fully saturated rings. The Bertz CT molecular complexity index is 365. The summed E-state index contributed by atoms with van der Waals surface area (Å²) >= 11 is 0. The number of tetrazole rings is 1. The zero-order valence-electron chi connectivity index (χ0n) is 10.8. The average Bonchev–Trinajstić information content (AvgIpc) is 2.87. The molecular weight excluding hydrogens is 230 g/mol. The zero-order valence-corrected chi connectivity index (χ0v) is 10.8. The molecule has 0 saturated heterocycles. The Kier molecular flexibility index (Phi) is 7.66. The first-order valence-corrected chi connectivity index (χ1v) is 5.73. The van der Waals surface area contributed by atoms with Gasteiger partial charge in [-0.05, 0) is 5.92 Å². The number of aliphatic imine (C=N–C) groups is 1. The number of H-pyrrole nitrogens is 1. The van der Waals surface area contributed by atoms with Gasteiger partial charge >= 0.3 is 0 Å². The summed E-state index contributed by atoms with van der Waals surface area (Å²) in [5.74, 6) is 2.71. The van der Waals surface area contributed by atoms with Gasteiger partial charge in [0.2, 0.25) is 0 Å². The predicted octanol–water partition coefficient (Wildman–Crippen LogP) is 2.50. The van der Waals surface area contributed by atoms with Crippen molar-refractivity contribution in [2.75, 3.05) is 6.67 Å². The van der Waals surface area contributed by atoms with Crippen LogP contribution in [0.1, 0.15) is 40.9 Å². The lowest BCUT2D eigenvalue weighted by Gasteiger charge is -1.95. The number of aromatic amines is 1. The number of hydrogen-bond acceptors (Lipinski definition) is 6. The fourth-order valence-corrected chi connectivity index (χ4v) is 1.17. The molecule has 0 amide bonds. The van der Waals surface area contributed by atoms with E-state index < -0.39 is 0 Å². The molecule has 1 N–H and O–H groups in total. The molecule has 2 heterocycles. The second-order valence-electron chi connectivity index (χ2n) is 4.48. The van der Waals surface area contributed by atoms with Crippen molar-refractivity contribution in [1.82, 2.24) is 20.6 Å². The summed E-state index contributed by atoms with van der Waals surface area (Å²) in [7, 11) is 0. The molecule has 0 saturated carbocycles. The van der Waals surface area contributed by atoms with E-state index in [0.717, 1.165) is 18.1 Å². The number of azo groups is 1. The monoisotopic (exact) mass is 253 g/mol. The Morgan fingerprint density at radius 2 is 1.94 bits per heavy atom. The summed E-state index contributed by atoms with van der Waals surface area (Å²) in [4.78, 5) is 4.02.